The van der Waals surface area contributed by atoms with Gasteiger partial charge in [0.15, 0.2) is 0 Å². The first-order chi connectivity index (χ1) is 12.1. The summed E-state index contributed by atoms with van der Waals surface area (Å²) in [6.07, 6.45) is 1.27. The largest absolute Gasteiger partial charge is 0.495 e. The fourth-order valence-corrected chi connectivity index (χ4v) is 2.14. The Bertz CT molecular complexity index is 894. The minimum atomic E-state index is -0.353. The van der Waals surface area contributed by atoms with E-state index in [0.29, 0.717) is 27.7 Å². The molecule has 0 saturated carbocycles. The van der Waals surface area contributed by atoms with Gasteiger partial charge in [-0.1, -0.05) is 17.7 Å². The van der Waals surface area contributed by atoms with Crippen LogP contribution in [0.25, 0.3) is 0 Å². The van der Waals surface area contributed by atoms with Crippen molar-refractivity contribution in [2.75, 3.05) is 17.7 Å². The number of anilines is 2. The number of methoxy groups -OCH3 is 1. The molecule has 0 aliphatic rings. The molecule has 0 aromatic heterocycles. The van der Waals surface area contributed by atoms with Crippen LogP contribution in [0.15, 0.2) is 54.2 Å². The average molecular weight is 353 g/mol. The van der Waals surface area contributed by atoms with Gasteiger partial charge in [-0.3, -0.25) is 4.79 Å². The van der Waals surface area contributed by atoms with Gasteiger partial charge in [0.25, 0.3) is 5.91 Å². The number of benzene rings is 2. The van der Waals surface area contributed by atoms with Crippen molar-refractivity contribution < 1.29 is 9.53 Å². The lowest BCUT2D eigenvalue weighted by Gasteiger charge is -2.11. The van der Waals surface area contributed by atoms with E-state index in [-0.39, 0.29) is 11.5 Å². The van der Waals surface area contributed by atoms with Crippen LogP contribution in [0.1, 0.15) is 10.4 Å². The summed E-state index contributed by atoms with van der Waals surface area (Å²) in [7, 11) is 1.50. The molecule has 2 aromatic carbocycles. The summed E-state index contributed by atoms with van der Waals surface area (Å²) >= 11 is 5.95. The predicted octanol–water partition coefficient (Wildman–Crippen LogP) is 3.94. The molecule has 0 saturated heterocycles. The Balaban J connectivity index is 2.20. The van der Waals surface area contributed by atoms with E-state index < -0.39 is 0 Å². The first-order valence-electron chi connectivity index (χ1n) is 7.09. The molecule has 0 aliphatic heterocycles. The monoisotopic (exact) mass is 352 g/mol. The lowest BCUT2D eigenvalue weighted by Crippen LogP contribution is -2.12. The number of halogens is 1. The Hall–Kier alpha value is -3.48. The molecule has 0 bridgehead atoms. The highest BCUT2D eigenvalue weighted by atomic mass is 35.5. The Morgan fingerprint density at radius 1 is 1.20 bits per heavy atom. The van der Waals surface area contributed by atoms with Crippen LogP contribution in [0.3, 0.4) is 0 Å². The highest BCUT2D eigenvalue weighted by molar-refractivity contribution is 6.31. The summed E-state index contributed by atoms with van der Waals surface area (Å²) in [6, 6.07) is 15.0. The predicted molar refractivity (Wildman–Crippen MR) is 95.3 cm³/mol. The number of carbonyl (C=O) groups excluding carboxylic acids is 1. The zero-order valence-electron chi connectivity index (χ0n) is 13.2. The zero-order chi connectivity index (χ0) is 18.2. The van der Waals surface area contributed by atoms with Gasteiger partial charge in [-0.25, -0.2) is 0 Å². The van der Waals surface area contributed by atoms with Crippen molar-refractivity contribution >= 4 is 28.9 Å². The molecule has 2 rings (SSSR count). The van der Waals surface area contributed by atoms with Crippen LogP contribution in [0.5, 0.6) is 5.75 Å². The van der Waals surface area contributed by atoms with E-state index in [1.54, 1.807) is 54.6 Å². The lowest BCUT2D eigenvalue weighted by atomic mass is 10.1. The molecule has 0 atom stereocenters. The SMILES string of the molecule is COc1ccc(Cl)cc1NC(=O)c1cccc(NC=C(C#N)C#N)c1. The number of ether oxygens (including phenoxy) is 1. The highest BCUT2D eigenvalue weighted by Crippen LogP contribution is 2.28. The number of amides is 1. The van der Waals surface area contributed by atoms with Crippen molar-refractivity contribution in [3.05, 3.63) is 64.8 Å². The molecule has 0 aliphatic carbocycles. The fraction of sp³-hybridized carbons (Fsp3) is 0.0556. The van der Waals surface area contributed by atoms with Crippen molar-refractivity contribution in [3.8, 4) is 17.9 Å². The summed E-state index contributed by atoms with van der Waals surface area (Å²) in [5.41, 5.74) is 1.33. The summed E-state index contributed by atoms with van der Waals surface area (Å²) < 4.78 is 5.20. The van der Waals surface area contributed by atoms with Gasteiger partial charge in [0.2, 0.25) is 0 Å². The summed E-state index contributed by atoms with van der Waals surface area (Å²) in [6.45, 7) is 0. The van der Waals surface area contributed by atoms with Gasteiger partial charge in [-0.15, -0.1) is 0 Å². The number of allylic oxidation sites excluding steroid dienone is 1. The third-order valence-corrected chi connectivity index (χ3v) is 3.39. The van der Waals surface area contributed by atoms with E-state index >= 15 is 0 Å². The maximum absolute atomic E-state index is 12.4. The van der Waals surface area contributed by atoms with E-state index in [9.17, 15) is 4.79 Å². The number of hydrogen-bond acceptors (Lipinski definition) is 5. The number of nitrogens with zero attached hydrogens (tertiary/aromatic N) is 2. The number of nitriles is 2. The molecule has 1 amide bonds. The minimum Gasteiger partial charge on any atom is -0.495 e. The molecule has 6 nitrogen and oxygen atoms in total. The molecule has 124 valence electrons. The van der Waals surface area contributed by atoms with Gasteiger partial charge < -0.3 is 15.4 Å². The lowest BCUT2D eigenvalue weighted by molar-refractivity contribution is 0.102. The maximum atomic E-state index is 12.4. The first kappa shape index (κ1) is 17.9. The number of nitrogens with one attached hydrogen (secondary N) is 2. The average Bonchev–Trinajstić information content (AvgIpc) is 2.63. The smallest absolute Gasteiger partial charge is 0.255 e. The Morgan fingerprint density at radius 2 is 1.96 bits per heavy atom. The quantitative estimate of drug-likeness (QED) is 0.794. The van der Waals surface area contributed by atoms with Gasteiger partial charge in [0.1, 0.15) is 23.5 Å². The fourth-order valence-electron chi connectivity index (χ4n) is 1.97. The van der Waals surface area contributed by atoms with Gasteiger partial charge in [-0.05, 0) is 36.4 Å². The molecular formula is C18H13ClN4O2. The third-order valence-electron chi connectivity index (χ3n) is 3.16. The number of carbonyl (C=O) groups is 1. The molecule has 2 N–H and O–H groups in total. The van der Waals surface area contributed by atoms with Gasteiger partial charge in [0, 0.05) is 22.5 Å². The standard InChI is InChI=1S/C18H13ClN4O2/c1-25-17-6-5-14(19)8-16(17)23-18(24)13-3-2-4-15(7-13)22-11-12(9-20)10-21/h2-8,11,22H,1H3,(H,23,24). The van der Waals surface area contributed by atoms with Crippen LogP contribution in [0.2, 0.25) is 5.02 Å². The Morgan fingerprint density at radius 3 is 2.64 bits per heavy atom. The Labute approximate surface area is 149 Å². The Kier molecular flexibility index (Phi) is 6.00. The molecule has 0 heterocycles. The van der Waals surface area contributed by atoms with Crippen LogP contribution < -0.4 is 15.4 Å². The minimum absolute atomic E-state index is 0.0708. The first-order valence-corrected chi connectivity index (χ1v) is 7.47. The topological polar surface area (TPSA) is 97.9 Å². The molecule has 0 fully saturated rings. The normalized spacial score (nSPS) is 9.28. The van der Waals surface area contributed by atoms with E-state index in [0.717, 1.165) is 0 Å². The van der Waals surface area contributed by atoms with Crippen LogP contribution in [0.4, 0.5) is 11.4 Å². The molecule has 25 heavy (non-hydrogen) atoms. The van der Waals surface area contributed by atoms with E-state index in [4.69, 9.17) is 26.9 Å². The van der Waals surface area contributed by atoms with Crippen LogP contribution >= 0.6 is 11.6 Å². The third kappa shape index (κ3) is 4.74. The van der Waals surface area contributed by atoms with Crippen molar-refractivity contribution in [1.29, 1.82) is 10.5 Å². The molecular weight excluding hydrogens is 340 g/mol. The summed E-state index contributed by atoms with van der Waals surface area (Å²) in [5.74, 6) is 0.136. The second-order valence-corrected chi connectivity index (χ2v) is 5.24. The molecule has 0 spiro atoms. The van der Waals surface area contributed by atoms with Crippen molar-refractivity contribution in [2.45, 2.75) is 0 Å². The van der Waals surface area contributed by atoms with Crippen molar-refractivity contribution in [2.24, 2.45) is 0 Å². The van der Waals surface area contributed by atoms with E-state index in [1.165, 1.54) is 13.3 Å². The number of hydrogen-bond donors (Lipinski definition) is 2. The van der Waals surface area contributed by atoms with Gasteiger partial charge in [0.05, 0.1) is 12.8 Å². The van der Waals surface area contributed by atoms with Crippen LogP contribution in [-0.2, 0) is 0 Å². The zero-order valence-corrected chi connectivity index (χ0v) is 14.0. The van der Waals surface area contributed by atoms with Gasteiger partial charge >= 0.3 is 0 Å². The molecule has 2 aromatic rings. The number of rotatable bonds is 5. The van der Waals surface area contributed by atoms with Crippen molar-refractivity contribution in [1.82, 2.24) is 0 Å². The summed E-state index contributed by atoms with van der Waals surface area (Å²) in [4.78, 5) is 12.4. The summed E-state index contributed by atoms with van der Waals surface area (Å²) in [5, 5.41) is 23.4. The van der Waals surface area contributed by atoms with E-state index in [2.05, 4.69) is 10.6 Å². The van der Waals surface area contributed by atoms with Crippen LogP contribution in [0, 0.1) is 22.7 Å². The van der Waals surface area contributed by atoms with Gasteiger partial charge in [-0.2, -0.15) is 10.5 Å². The molecule has 0 radical (unpaired) electrons. The van der Waals surface area contributed by atoms with Crippen molar-refractivity contribution in [3.63, 3.8) is 0 Å². The van der Waals surface area contributed by atoms with Crippen LogP contribution in [-0.4, -0.2) is 13.0 Å². The second-order valence-electron chi connectivity index (χ2n) is 4.81. The highest BCUT2D eigenvalue weighted by Gasteiger charge is 2.11. The molecule has 0 unspecified atom stereocenters. The van der Waals surface area contributed by atoms with E-state index in [1.807, 2.05) is 0 Å². The molecule has 7 heteroatoms. The maximum Gasteiger partial charge on any atom is 0.255 e. The second kappa shape index (κ2) is 8.39.